The molecule has 0 atom stereocenters. The van der Waals surface area contributed by atoms with Gasteiger partial charge in [0, 0.05) is 12.0 Å². The van der Waals surface area contributed by atoms with Crippen molar-refractivity contribution >= 4 is 5.82 Å². The number of rotatable bonds is 4. The minimum Gasteiger partial charge on any atom is -0.469 e. The molecule has 1 aromatic rings. The summed E-state index contributed by atoms with van der Waals surface area (Å²) >= 11 is 0. The van der Waals surface area contributed by atoms with E-state index in [0.717, 1.165) is 18.7 Å². The number of aromatic nitrogens is 2. The van der Waals surface area contributed by atoms with Crippen LogP contribution in [-0.4, -0.2) is 29.3 Å². The molecule has 86 valence electrons. The molecule has 0 aromatic carbocycles. The number of hydrogen-bond donors (Lipinski definition) is 2. The van der Waals surface area contributed by atoms with Gasteiger partial charge in [0.05, 0.1) is 13.2 Å². The molecule has 1 aromatic heterocycles. The van der Waals surface area contributed by atoms with Crippen LogP contribution >= 0.6 is 0 Å². The Morgan fingerprint density at radius 2 is 2.19 bits per heavy atom. The van der Waals surface area contributed by atoms with E-state index >= 15 is 0 Å². The lowest BCUT2D eigenvalue weighted by molar-refractivity contribution is -0.0814. The van der Waals surface area contributed by atoms with E-state index in [1.54, 1.807) is 6.07 Å². The molecule has 1 aliphatic heterocycles. The number of nitrogen functional groups attached to an aromatic ring is 1. The molecule has 1 saturated carbocycles. The number of nitrogens with one attached hydrogen (secondary N) is 1. The normalized spacial score (nSPS) is 20.3. The van der Waals surface area contributed by atoms with Crippen molar-refractivity contribution in [2.45, 2.75) is 24.9 Å². The first-order chi connectivity index (χ1) is 7.85. The topological polar surface area (TPSA) is 82.3 Å². The molecular formula is C10H14N4O2. The molecule has 2 fully saturated rings. The molecular weight excluding hydrogens is 208 g/mol. The second-order valence-electron chi connectivity index (χ2n) is 4.15. The average Bonchev–Trinajstić information content (AvgIpc) is 3.07. The molecule has 0 spiro atoms. The Bertz CT molecular complexity index is 390. The highest BCUT2D eigenvalue weighted by Crippen LogP contribution is 2.39. The first kappa shape index (κ1) is 9.80. The van der Waals surface area contributed by atoms with Crippen LogP contribution in [0, 0.1) is 0 Å². The average molecular weight is 222 g/mol. The Labute approximate surface area is 93.1 Å². The smallest absolute Gasteiger partial charge is 0.219 e. The van der Waals surface area contributed by atoms with Gasteiger partial charge in [0.15, 0.2) is 0 Å². The maximum atomic E-state index is 5.64. The third-order valence-electron chi connectivity index (χ3n) is 2.71. The predicted octanol–water partition coefficient (Wildman–Crippen LogP) is 0.417. The van der Waals surface area contributed by atoms with Crippen LogP contribution in [0.15, 0.2) is 6.07 Å². The Balaban J connectivity index is 1.81. The predicted molar refractivity (Wildman–Crippen MR) is 57.1 cm³/mol. The zero-order chi connectivity index (χ0) is 11.0. The van der Waals surface area contributed by atoms with Crippen LogP contribution in [0.5, 0.6) is 5.88 Å². The maximum absolute atomic E-state index is 5.64. The molecule has 1 saturated heterocycles. The van der Waals surface area contributed by atoms with Gasteiger partial charge in [-0.25, -0.2) is 10.8 Å². The lowest BCUT2D eigenvalue weighted by Crippen LogP contribution is -2.38. The second-order valence-corrected chi connectivity index (χ2v) is 4.15. The van der Waals surface area contributed by atoms with Gasteiger partial charge in [-0.15, -0.1) is 0 Å². The van der Waals surface area contributed by atoms with Crippen LogP contribution < -0.4 is 16.0 Å². The molecule has 2 heterocycles. The molecule has 3 N–H and O–H groups in total. The Morgan fingerprint density at radius 1 is 1.38 bits per heavy atom. The SMILES string of the molecule is NNc1cc(OC2COC2)nc(C2CC2)n1. The molecule has 0 unspecified atom stereocenters. The molecule has 0 bridgehead atoms. The van der Waals surface area contributed by atoms with Gasteiger partial charge in [0.1, 0.15) is 17.7 Å². The molecule has 6 nitrogen and oxygen atoms in total. The zero-order valence-electron chi connectivity index (χ0n) is 8.85. The molecule has 16 heavy (non-hydrogen) atoms. The van der Waals surface area contributed by atoms with Crippen molar-refractivity contribution in [3.63, 3.8) is 0 Å². The molecule has 1 aliphatic carbocycles. The lowest BCUT2D eigenvalue weighted by atomic mass is 10.3. The van der Waals surface area contributed by atoms with E-state index in [9.17, 15) is 0 Å². The van der Waals surface area contributed by atoms with Gasteiger partial charge >= 0.3 is 0 Å². The Morgan fingerprint density at radius 3 is 2.75 bits per heavy atom. The minimum atomic E-state index is 0.118. The fourth-order valence-corrected chi connectivity index (χ4v) is 1.55. The number of anilines is 1. The van der Waals surface area contributed by atoms with Crippen molar-refractivity contribution < 1.29 is 9.47 Å². The van der Waals surface area contributed by atoms with Crippen molar-refractivity contribution in [2.24, 2.45) is 5.84 Å². The summed E-state index contributed by atoms with van der Waals surface area (Å²) in [6, 6.07) is 1.71. The second kappa shape index (κ2) is 3.88. The molecule has 0 amide bonds. The van der Waals surface area contributed by atoms with Gasteiger partial charge in [-0.2, -0.15) is 4.98 Å². The standard InChI is InChI=1S/C10H14N4O2/c11-14-8-3-9(16-7-4-15-5-7)13-10(12-8)6-1-2-6/h3,6-7H,1-2,4-5,11H2,(H,12,13,14). The van der Waals surface area contributed by atoms with Gasteiger partial charge in [0.2, 0.25) is 5.88 Å². The number of ether oxygens (including phenoxy) is 2. The fraction of sp³-hybridized carbons (Fsp3) is 0.600. The van der Waals surface area contributed by atoms with Crippen LogP contribution in [-0.2, 0) is 4.74 Å². The van der Waals surface area contributed by atoms with Crippen molar-refractivity contribution in [1.82, 2.24) is 9.97 Å². The van der Waals surface area contributed by atoms with E-state index in [0.29, 0.717) is 30.8 Å². The van der Waals surface area contributed by atoms with Crippen LogP contribution in [0.1, 0.15) is 24.6 Å². The van der Waals surface area contributed by atoms with Gasteiger partial charge in [-0.05, 0) is 12.8 Å². The van der Waals surface area contributed by atoms with E-state index in [1.807, 2.05) is 0 Å². The highest BCUT2D eigenvalue weighted by atomic mass is 16.6. The van der Waals surface area contributed by atoms with Gasteiger partial charge in [-0.3, -0.25) is 0 Å². The van der Waals surface area contributed by atoms with Gasteiger partial charge in [0.25, 0.3) is 0 Å². The first-order valence-electron chi connectivity index (χ1n) is 5.45. The van der Waals surface area contributed by atoms with Crippen molar-refractivity contribution in [3.05, 3.63) is 11.9 Å². The highest BCUT2D eigenvalue weighted by Gasteiger charge is 2.28. The summed E-state index contributed by atoms with van der Waals surface area (Å²) in [4.78, 5) is 8.69. The van der Waals surface area contributed by atoms with Crippen molar-refractivity contribution in [1.29, 1.82) is 0 Å². The molecule has 2 aliphatic rings. The fourth-order valence-electron chi connectivity index (χ4n) is 1.55. The largest absolute Gasteiger partial charge is 0.469 e. The summed E-state index contributed by atoms with van der Waals surface area (Å²) in [6.07, 6.45) is 2.42. The van der Waals surface area contributed by atoms with Crippen LogP contribution in [0.2, 0.25) is 0 Å². The minimum absolute atomic E-state index is 0.118. The summed E-state index contributed by atoms with van der Waals surface area (Å²) in [6.45, 7) is 1.27. The van der Waals surface area contributed by atoms with E-state index in [4.69, 9.17) is 15.3 Å². The quantitative estimate of drug-likeness (QED) is 0.567. The molecule has 6 heteroatoms. The summed E-state index contributed by atoms with van der Waals surface area (Å²) in [5.74, 6) is 7.85. The van der Waals surface area contributed by atoms with Gasteiger partial charge < -0.3 is 14.9 Å². The monoisotopic (exact) mass is 222 g/mol. The number of nitrogens with zero attached hydrogens (tertiary/aromatic N) is 2. The van der Waals surface area contributed by atoms with E-state index in [-0.39, 0.29) is 6.10 Å². The van der Waals surface area contributed by atoms with Crippen LogP contribution in [0.4, 0.5) is 5.82 Å². The first-order valence-corrected chi connectivity index (χ1v) is 5.45. The highest BCUT2D eigenvalue weighted by molar-refractivity contribution is 5.38. The third kappa shape index (κ3) is 1.94. The van der Waals surface area contributed by atoms with Crippen LogP contribution in [0.3, 0.4) is 0 Å². The Hall–Kier alpha value is -1.40. The lowest BCUT2D eigenvalue weighted by Gasteiger charge is -2.26. The maximum Gasteiger partial charge on any atom is 0.219 e. The van der Waals surface area contributed by atoms with Crippen molar-refractivity contribution in [2.75, 3.05) is 18.6 Å². The summed E-state index contributed by atoms with van der Waals surface area (Å²) < 4.78 is 10.7. The van der Waals surface area contributed by atoms with Gasteiger partial charge in [-0.1, -0.05) is 0 Å². The van der Waals surface area contributed by atoms with E-state index in [1.165, 1.54) is 0 Å². The third-order valence-corrected chi connectivity index (χ3v) is 2.71. The van der Waals surface area contributed by atoms with E-state index < -0.39 is 0 Å². The van der Waals surface area contributed by atoms with Crippen molar-refractivity contribution in [3.8, 4) is 5.88 Å². The Kier molecular flexibility index (Phi) is 2.37. The molecule has 3 rings (SSSR count). The van der Waals surface area contributed by atoms with Crippen LogP contribution in [0.25, 0.3) is 0 Å². The number of hydrazine groups is 1. The summed E-state index contributed by atoms with van der Waals surface area (Å²) in [5, 5.41) is 0. The number of nitrogens with two attached hydrogens (primary N) is 1. The number of hydrogen-bond acceptors (Lipinski definition) is 6. The van der Waals surface area contributed by atoms with E-state index in [2.05, 4.69) is 15.4 Å². The molecule has 0 radical (unpaired) electrons. The zero-order valence-corrected chi connectivity index (χ0v) is 8.85. The summed E-state index contributed by atoms with van der Waals surface area (Å²) in [7, 11) is 0. The summed E-state index contributed by atoms with van der Waals surface area (Å²) in [5.41, 5.74) is 2.54.